The Balaban J connectivity index is 2.71. The Morgan fingerprint density at radius 1 is 1.79 bits per heavy atom. The van der Waals surface area contributed by atoms with E-state index in [1.54, 1.807) is 25.3 Å². The van der Waals surface area contributed by atoms with Gasteiger partial charge in [0.25, 0.3) is 5.91 Å². The van der Waals surface area contributed by atoms with Crippen LogP contribution in [0.25, 0.3) is 0 Å². The smallest absolute Gasteiger partial charge is 0.254 e. The largest absolute Gasteiger partial charge is 0.392 e. The minimum atomic E-state index is -0.555. The first-order valence-electron chi connectivity index (χ1n) is 4.25. The monoisotopic (exact) mass is 212 g/mol. The Kier molecular flexibility index (Phi) is 3.79. The Hall–Kier alpha value is -1.20. The van der Waals surface area contributed by atoms with Gasteiger partial charge >= 0.3 is 0 Å². The first-order valence-corrected chi connectivity index (χ1v) is 4.66. The van der Waals surface area contributed by atoms with Crippen molar-refractivity contribution in [1.29, 1.82) is 0 Å². The number of rotatable bonds is 3. The quantitative estimate of drug-likeness (QED) is 0.651. The Morgan fingerprint density at radius 3 is 3.07 bits per heavy atom. The number of hydrogen-bond acceptors (Lipinski definition) is 3. The molecular formula is C9H12N2O2S. The molecule has 1 rings (SSSR count). The summed E-state index contributed by atoms with van der Waals surface area (Å²) in [5, 5.41) is 11.5. The van der Waals surface area contributed by atoms with Crippen LogP contribution in [0.4, 0.5) is 0 Å². The first-order chi connectivity index (χ1) is 6.61. The number of aromatic amines is 1. The Morgan fingerprint density at radius 2 is 2.50 bits per heavy atom. The Labute approximate surface area is 87.0 Å². The maximum atomic E-state index is 11.5. The summed E-state index contributed by atoms with van der Waals surface area (Å²) < 4.78 is 0.399. The number of pyridine rings is 1. The van der Waals surface area contributed by atoms with Crippen LogP contribution in [0.5, 0.6) is 0 Å². The zero-order valence-corrected chi connectivity index (χ0v) is 8.60. The van der Waals surface area contributed by atoms with E-state index >= 15 is 0 Å². The summed E-state index contributed by atoms with van der Waals surface area (Å²) in [6.07, 6.45) is 1.11. The molecule has 0 aliphatic rings. The number of aliphatic hydroxyl groups excluding tert-OH is 1. The number of aromatic nitrogens is 1. The summed E-state index contributed by atoms with van der Waals surface area (Å²) in [7, 11) is 0. The molecule has 1 atom stereocenters. The highest BCUT2D eigenvalue weighted by Gasteiger charge is 2.07. The van der Waals surface area contributed by atoms with E-state index in [9.17, 15) is 4.79 Å². The van der Waals surface area contributed by atoms with Crippen molar-refractivity contribution in [3.8, 4) is 0 Å². The molecule has 1 unspecified atom stereocenters. The molecule has 5 heteroatoms. The van der Waals surface area contributed by atoms with Gasteiger partial charge in [0, 0.05) is 12.7 Å². The molecule has 1 heterocycles. The van der Waals surface area contributed by atoms with Gasteiger partial charge in [0.1, 0.15) is 4.64 Å². The SMILES string of the molecule is CC(O)CNC(=O)c1ccc[nH]c1=S. The molecule has 0 saturated carbocycles. The topological polar surface area (TPSA) is 65.1 Å². The van der Waals surface area contributed by atoms with Gasteiger partial charge in [-0.25, -0.2) is 0 Å². The minimum absolute atomic E-state index is 0.225. The van der Waals surface area contributed by atoms with E-state index in [-0.39, 0.29) is 12.5 Å². The highest BCUT2D eigenvalue weighted by atomic mass is 32.1. The van der Waals surface area contributed by atoms with Crippen LogP contribution in [-0.2, 0) is 0 Å². The molecule has 0 aliphatic carbocycles. The third-order valence-corrected chi connectivity index (χ3v) is 1.96. The van der Waals surface area contributed by atoms with Crippen molar-refractivity contribution < 1.29 is 9.90 Å². The van der Waals surface area contributed by atoms with E-state index in [0.717, 1.165) is 0 Å². The number of H-pyrrole nitrogens is 1. The molecule has 1 aromatic heterocycles. The molecule has 0 aromatic carbocycles. The van der Waals surface area contributed by atoms with E-state index in [1.807, 2.05) is 0 Å². The molecule has 0 fully saturated rings. The second-order valence-corrected chi connectivity index (χ2v) is 3.38. The zero-order chi connectivity index (χ0) is 10.6. The van der Waals surface area contributed by atoms with Crippen LogP contribution >= 0.6 is 12.2 Å². The summed E-state index contributed by atoms with van der Waals surface area (Å²) in [5.41, 5.74) is 0.420. The molecule has 0 aliphatic heterocycles. The van der Waals surface area contributed by atoms with Crippen LogP contribution in [0.1, 0.15) is 17.3 Å². The van der Waals surface area contributed by atoms with Gasteiger partial charge in [-0.05, 0) is 19.1 Å². The third kappa shape index (κ3) is 2.93. The van der Waals surface area contributed by atoms with E-state index in [0.29, 0.717) is 10.2 Å². The van der Waals surface area contributed by atoms with Crippen molar-refractivity contribution in [1.82, 2.24) is 10.3 Å². The fourth-order valence-electron chi connectivity index (χ4n) is 0.936. The van der Waals surface area contributed by atoms with Gasteiger partial charge < -0.3 is 15.4 Å². The van der Waals surface area contributed by atoms with Crippen molar-refractivity contribution in [3.63, 3.8) is 0 Å². The summed E-state index contributed by atoms with van der Waals surface area (Å²) in [6.45, 7) is 1.83. The summed E-state index contributed by atoms with van der Waals surface area (Å²) in [5.74, 6) is -0.271. The minimum Gasteiger partial charge on any atom is -0.392 e. The molecule has 0 spiro atoms. The van der Waals surface area contributed by atoms with Crippen molar-refractivity contribution in [3.05, 3.63) is 28.5 Å². The second-order valence-electron chi connectivity index (χ2n) is 2.97. The molecule has 0 radical (unpaired) electrons. The van der Waals surface area contributed by atoms with Gasteiger partial charge in [0.15, 0.2) is 0 Å². The molecule has 4 nitrogen and oxygen atoms in total. The average Bonchev–Trinajstić information content (AvgIpc) is 2.15. The van der Waals surface area contributed by atoms with Crippen LogP contribution < -0.4 is 5.32 Å². The lowest BCUT2D eigenvalue weighted by Gasteiger charge is -2.06. The molecule has 1 amide bonds. The maximum Gasteiger partial charge on any atom is 0.254 e. The fourth-order valence-corrected chi connectivity index (χ4v) is 1.16. The van der Waals surface area contributed by atoms with Crippen molar-refractivity contribution in [2.24, 2.45) is 0 Å². The number of aliphatic hydroxyl groups is 1. The van der Waals surface area contributed by atoms with Gasteiger partial charge in [0.2, 0.25) is 0 Å². The standard InChI is InChI=1S/C9H12N2O2S/c1-6(12)5-11-8(13)7-3-2-4-10-9(7)14/h2-4,6,12H,5H2,1H3,(H,10,14)(H,11,13). The van der Waals surface area contributed by atoms with Crippen LogP contribution in [-0.4, -0.2) is 28.6 Å². The van der Waals surface area contributed by atoms with Crippen LogP contribution in [0.3, 0.4) is 0 Å². The van der Waals surface area contributed by atoms with Crippen molar-refractivity contribution >= 4 is 18.1 Å². The molecule has 14 heavy (non-hydrogen) atoms. The van der Waals surface area contributed by atoms with E-state index in [1.165, 1.54) is 0 Å². The maximum absolute atomic E-state index is 11.5. The predicted octanol–water partition coefficient (Wildman–Crippen LogP) is 0.855. The highest BCUT2D eigenvalue weighted by Crippen LogP contribution is 1.98. The summed E-state index contributed by atoms with van der Waals surface area (Å²) in [6, 6.07) is 3.34. The zero-order valence-electron chi connectivity index (χ0n) is 7.78. The van der Waals surface area contributed by atoms with Gasteiger partial charge in [-0.3, -0.25) is 4.79 Å². The van der Waals surface area contributed by atoms with Crippen molar-refractivity contribution in [2.75, 3.05) is 6.54 Å². The van der Waals surface area contributed by atoms with Gasteiger partial charge in [-0.1, -0.05) is 12.2 Å². The van der Waals surface area contributed by atoms with E-state index < -0.39 is 6.10 Å². The molecule has 1 aromatic rings. The Bertz CT molecular complexity index is 373. The number of carbonyl (C=O) groups excluding carboxylic acids is 1. The lowest BCUT2D eigenvalue weighted by molar-refractivity contribution is 0.0923. The average molecular weight is 212 g/mol. The van der Waals surface area contributed by atoms with Gasteiger partial charge in [0.05, 0.1) is 11.7 Å². The molecule has 76 valence electrons. The molecule has 0 bridgehead atoms. The van der Waals surface area contributed by atoms with E-state index in [2.05, 4.69) is 10.3 Å². The molecule has 3 N–H and O–H groups in total. The van der Waals surface area contributed by atoms with E-state index in [4.69, 9.17) is 17.3 Å². The van der Waals surface area contributed by atoms with Crippen LogP contribution in [0.15, 0.2) is 18.3 Å². The van der Waals surface area contributed by atoms with Gasteiger partial charge in [-0.2, -0.15) is 0 Å². The second kappa shape index (κ2) is 4.88. The summed E-state index contributed by atoms with van der Waals surface area (Å²) in [4.78, 5) is 14.2. The number of amides is 1. The fraction of sp³-hybridized carbons (Fsp3) is 0.333. The van der Waals surface area contributed by atoms with Crippen LogP contribution in [0.2, 0.25) is 0 Å². The lowest BCUT2D eigenvalue weighted by Crippen LogP contribution is -2.30. The number of carbonyl (C=O) groups is 1. The number of hydrogen-bond donors (Lipinski definition) is 3. The molecular weight excluding hydrogens is 200 g/mol. The molecule has 0 saturated heterocycles. The van der Waals surface area contributed by atoms with Gasteiger partial charge in [-0.15, -0.1) is 0 Å². The van der Waals surface area contributed by atoms with Crippen molar-refractivity contribution in [2.45, 2.75) is 13.0 Å². The lowest BCUT2D eigenvalue weighted by atomic mass is 10.2. The number of nitrogens with one attached hydrogen (secondary N) is 2. The summed E-state index contributed by atoms with van der Waals surface area (Å²) >= 11 is 4.93. The highest BCUT2D eigenvalue weighted by molar-refractivity contribution is 7.71. The predicted molar refractivity (Wildman–Crippen MR) is 55.6 cm³/mol. The third-order valence-electron chi connectivity index (χ3n) is 1.62. The first kappa shape index (κ1) is 10.9. The van der Waals surface area contributed by atoms with Crippen LogP contribution in [0, 0.1) is 4.64 Å². The normalized spacial score (nSPS) is 12.1.